The summed E-state index contributed by atoms with van der Waals surface area (Å²) in [5, 5.41) is 4.91. The van der Waals surface area contributed by atoms with Gasteiger partial charge in [-0.3, -0.25) is 4.79 Å². The van der Waals surface area contributed by atoms with Crippen LogP contribution in [0.15, 0.2) is 65.8 Å². The van der Waals surface area contributed by atoms with Gasteiger partial charge < -0.3 is 9.47 Å². The Morgan fingerprint density at radius 3 is 2.29 bits per heavy atom. The average Bonchev–Trinajstić information content (AvgIpc) is 2.75. The summed E-state index contributed by atoms with van der Waals surface area (Å²) in [7, 11) is 1.53. The number of benzene rings is 3. The highest BCUT2D eigenvalue weighted by Gasteiger charge is 2.13. The summed E-state index contributed by atoms with van der Waals surface area (Å²) < 4.78 is 10.5. The molecule has 0 aromatic heterocycles. The van der Waals surface area contributed by atoms with Gasteiger partial charge in [-0.05, 0) is 60.7 Å². The Balaban J connectivity index is 1.74. The van der Waals surface area contributed by atoms with Gasteiger partial charge in [-0.2, -0.15) is 5.10 Å². The monoisotopic (exact) mass is 476 g/mol. The molecule has 0 spiro atoms. The van der Waals surface area contributed by atoms with Gasteiger partial charge in [-0.25, -0.2) is 10.2 Å². The normalized spacial score (nSPS) is 10.7. The lowest BCUT2D eigenvalue weighted by Crippen LogP contribution is -2.18. The lowest BCUT2D eigenvalue weighted by Gasteiger charge is -2.08. The molecule has 3 aromatic carbocycles. The molecule has 0 aliphatic rings. The predicted octanol–water partition coefficient (Wildman–Crippen LogP) is 5.64. The first-order chi connectivity index (χ1) is 14.9. The van der Waals surface area contributed by atoms with Crippen LogP contribution in [-0.2, 0) is 0 Å². The number of halogens is 3. The Bertz CT molecular complexity index is 1150. The zero-order valence-corrected chi connectivity index (χ0v) is 18.3. The summed E-state index contributed by atoms with van der Waals surface area (Å²) in [5.74, 6) is -0.270. The zero-order valence-electron chi connectivity index (χ0n) is 16.1. The van der Waals surface area contributed by atoms with Gasteiger partial charge in [0.05, 0.1) is 29.5 Å². The number of methoxy groups -OCH3 is 1. The number of esters is 1. The lowest BCUT2D eigenvalue weighted by molar-refractivity contribution is 0.0734. The molecule has 3 aromatic rings. The lowest BCUT2D eigenvalue weighted by atomic mass is 10.2. The van der Waals surface area contributed by atoms with Crippen LogP contribution in [0.25, 0.3) is 0 Å². The van der Waals surface area contributed by atoms with E-state index < -0.39 is 11.9 Å². The third kappa shape index (κ3) is 5.98. The number of ether oxygens (including phenoxy) is 2. The second kappa shape index (κ2) is 10.3. The molecular weight excluding hydrogens is 463 g/mol. The minimum absolute atomic E-state index is 0.192. The first-order valence-corrected chi connectivity index (χ1v) is 9.95. The van der Waals surface area contributed by atoms with Crippen LogP contribution in [0.4, 0.5) is 0 Å². The van der Waals surface area contributed by atoms with Gasteiger partial charge in [-0.15, -0.1) is 0 Å². The Kier molecular flexibility index (Phi) is 7.52. The molecule has 0 fully saturated rings. The van der Waals surface area contributed by atoms with Crippen LogP contribution in [0, 0.1) is 0 Å². The Morgan fingerprint density at radius 1 is 0.935 bits per heavy atom. The highest BCUT2D eigenvalue weighted by Crippen LogP contribution is 2.23. The smallest absolute Gasteiger partial charge is 0.343 e. The molecule has 9 heteroatoms. The highest BCUT2D eigenvalue weighted by atomic mass is 35.5. The largest absolute Gasteiger partial charge is 0.497 e. The molecule has 0 aliphatic heterocycles. The third-order valence-electron chi connectivity index (χ3n) is 4.05. The van der Waals surface area contributed by atoms with E-state index in [9.17, 15) is 9.59 Å². The van der Waals surface area contributed by atoms with Gasteiger partial charge in [0.2, 0.25) is 0 Å². The molecule has 6 nitrogen and oxygen atoms in total. The summed E-state index contributed by atoms with van der Waals surface area (Å²) in [6, 6.07) is 15.6. The van der Waals surface area contributed by atoms with E-state index in [0.717, 1.165) is 0 Å². The highest BCUT2D eigenvalue weighted by molar-refractivity contribution is 6.36. The van der Waals surface area contributed by atoms with E-state index in [2.05, 4.69) is 10.5 Å². The summed E-state index contributed by atoms with van der Waals surface area (Å²) in [4.78, 5) is 24.7. The van der Waals surface area contributed by atoms with Crippen molar-refractivity contribution in [2.45, 2.75) is 0 Å². The number of hydrogen-bond acceptors (Lipinski definition) is 5. The second-order valence-electron chi connectivity index (χ2n) is 6.12. The number of rotatable bonds is 6. The number of hydrogen-bond donors (Lipinski definition) is 1. The number of nitrogens with one attached hydrogen (secondary N) is 1. The van der Waals surface area contributed by atoms with Crippen LogP contribution in [-0.4, -0.2) is 25.2 Å². The number of carbonyl (C=O) groups excluding carboxylic acids is 2. The molecule has 0 radical (unpaired) electrons. The van der Waals surface area contributed by atoms with E-state index in [0.29, 0.717) is 26.9 Å². The van der Waals surface area contributed by atoms with Crippen LogP contribution in [0.1, 0.15) is 26.3 Å². The topological polar surface area (TPSA) is 77.0 Å². The van der Waals surface area contributed by atoms with E-state index in [1.54, 1.807) is 42.5 Å². The molecule has 0 saturated carbocycles. The minimum atomic E-state index is -0.573. The van der Waals surface area contributed by atoms with Crippen LogP contribution in [0.3, 0.4) is 0 Å². The summed E-state index contributed by atoms with van der Waals surface area (Å²) in [5.41, 5.74) is 3.29. The van der Waals surface area contributed by atoms with E-state index in [1.807, 2.05) is 0 Å². The van der Waals surface area contributed by atoms with Gasteiger partial charge >= 0.3 is 5.97 Å². The molecule has 3 rings (SSSR count). The first kappa shape index (κ1) is 22.6. The van der Waals surface area contributed by atoms with Crippen molar-refractivity contribution in [2.24, 2.45) is 5.10 Å². The molecule has 1 amide bonds. The number of hydrazone groups is 1. The van der Waals surface area contributed by atoms with Crippen LogP contribution in [0.5, 0.6) is 11.5 Å². The molecule has 1 N–H and O–H groups in total. The van der Waals surface area contributed by atoms with Crippen molar-refractivity contribution in [1.29, 1.82) is 0 Å². The van der Waals surface area contributed by atoms with Gasteiger partial charge in [0.1, 0.15) is 11.5 Å². The molecule has 0 saturated heterocycles. The average molecular weight is 478 g/mol. The zero-order chi connectivity index (χ0) is 22.4. The van der Waals surface area contributed by atoms with Gasteiger partial charge in [-0.1, -0.05) is 34.8 Å². The van der Waals surface area contributed by atoms with Crippen molar-refractivity contribution >= 4 is 52.9 Å². The maximum Gasteiger partial charge on any atom is 0.343 e. The Hall–Kier alpha value is -3.06. The number of amides is 1. The van der Waals surface area contributed by atoms with Crippen molar-refractivity contribution in [1.82, 2.24) is 5.43 Å². The third-order valence-corrected chi connectivity index (χ3v) is 4.83. The molecule has 0 aliphatic carbocycles. The standard InChI is InChI=1S/C22H15Cl3N2O4/c1-30-17-6-2-13(3-7-17)22(29)31-20-9-5-15(23)10-14(20)12-26-27-21(28)18-8-4-16(24)11-19(18)25/h2-12H,1H3,(H,27,28)/b26-12+. The molecule has 0 unspecified atom stereocenters. The summed E-state index contributed by atoms with van der Waals surface area (Å²) in [6.07, 6.45) is 1.31. The first-order valence-electron chi connectivity index (χ1n) is 8.81. The molecule has 31 heavy (non-hydrogen) atoms. The maximum atomic E-state index is 12.4. The van der Waals surface area contributed by atoms with Crippen molar-refractivity contribution < 1.29 is 19.1 Å². The Morgan fingerprint density at radius 2 is 1.61 bits per heavy atom. The quantitative estimate of drug-likeness (QED) is 0.216. The van der Waals surface area contributed by atoms with E-state index in [-0.39, 0.29) is 16.3 Å². The predicted molar refractivity (Wildman–Crippen MR) is 121 cm³/mol. The Labute approximate surface area is 193 Å². The molecule has 0 heterocycles. The van der Waals surface area contributed by atoms with E-state index in [4.69, 9.17) is 44.3 Å². The van der Waals surface area contributed by atoms with Crippen molar-refractivity contribution in [2.75, 3.05) is 7.11 Å². The van der Waals surface area contributed by atoms with Crippen molar-refractivity contribution in [3.8, 4) is 11.5 Å². The molecule has 0 atom stereocenters. The minimum Gasteiger partial charge on any atom is -0.497 e. The van der Waals surface area contributed by atoms with Gasteiger partial charge in [0, 0.05) is 15.6 Å². The summed E-state index contributed by atoms with van der Waals surface area (Å²) >= 11 is 17.9. The number of nitrogens with zero attached hydrogens (tertiary/aromatic N) is 1. The summed E-state index contributed by atoms with van der Waals surface area (Å²) in [6.45, 7) is 0. The van der Waals surface area contributed by atoms with Crippen LogP contribution in [0.2, 0.25) is 15.1 Å². The molecular formula is C22H15Cl3N2O4. The fraction of sp³-hybridized carbons (Fsp3) is 0.0455. The van der Waals surface area contributed by atoms with Gasteiger partial charge in [0.15, 0.2) is 0 Å². The van der Waals surface area contributed by atoms with E-state index >= 15 is 0 Å². The maximum absolute atomic E-state index is 12.4. The van der Waals surface area contributed by atoms with Crippen molar-refractivity contribution in [3.05, 3.63) is 92.4 Å². The van der Waals surface area contributed by atoms with Gasteiger partial charge in [0.25, 0.3) is 5.91 Å². The van der Waals surface area contributed by atoms with Crippen LogP contribution < -0.4 is 14.9 Å². The van der Waals surface area contributed by atoms with Crippen molar-refractivity contribution in [3.63, 3.8) is 0 Å². The number of carbonyl (C=O) groups is 2. The van der Waals surface area contributed by atoms with E-state index in [1.165, 1.54) is 31.5 Å². The molecule has 0 bridgehead atoms. The molecule has 158 valence electrons. The SMILES string of the molecule is COc1ccc(C(=O)Oc2ccc(Cl)cc2/C=N/NC(=O)c2ccc(Cl)cc2Cl)cc1. The second-order valence-corrected chi connectivity index (χ2v) is 7.40. The fourth-order valence-corrected chi connectivity index (χ4v) is 3.17. The van der Waals surface area contributed by atoms with Crippen LogP contribution >= 0.6 is 34.8 Å². The fourth-order valence-electron chi connectivity index (χ4n) is 2.49.